The maximum Gasteiger partial charge on any atom is 0.156 e. The SMILES string of the molecule is CCCc1nn(C)c2c(NCc3cccc(OC)c3)nc(/C=C/c3ccco3)nc12. The highest BCUT2D eigenvalue weighted by Gasteiger charge is 2.16. The topological polar surface area (TPSA) is 78.0 Å². The summed E-state index contributed by atoms with van der Waals surface area (Å²) < 4.78 is 12.6. The molecule has 7 heteroatoms. The third kappa shape index (κ3) is 4.20. The van der Waals surface area contributed by atoms with Crippen molar-refractivity contribution in [3.8, 4) is 5.75 Å². The molecule has 0 saturated heterocycles. The number of nitrogens with one attached hydrogen (secondary N) is 1. The molecule has 1 N–H and O–H groups in total. The highest BCUT2D eigenvalue weighted by molar-refractivity contribution is 5.88. The van der Waals surface area contributed by atoms with Crippen molar-refractivity contribution in [2.24, 2.45) is 7.05 Å². The van der Waals surface area contributed by atoms with Crippen molar-refractivity contribution in [3.05, 3.63) is 65.5 Å². The molecule has 0 aliphatic carbocycles. The number of anilines is 1. The van der Waals surface area contributed by atoms with E-state index in [0.717, 1.165) is 52.5 Å². The Labute approximate surface area is 175 Å². The molecular weight excluding hydrogens is 378 g/mol. The third-order valence-electron chi connectivity index (χ3n) is 4.79. The van der Waals surface area contributed by atoms with Gasteiger partial charge in [0.15, 0.2) is 11.6 Å². The molecule has 7 nitrogen and oxygen atoms in total. The minimum Gasteiger partial charge on any atom is -0.497 e. The van der Waals surface area contributed by atoms with Crippen molar-refractivity contribution < 1.29 is 9.15 Å². The number of hydrogen-bond donors (Lipinski definition) is 1. The highest BCUT2D eigenvalue weighted by Crippen LogP contribution is 2.25. The van der Waals surface area contributed by atoms with Gasteiger partial charge in [0.25, 0.3) is 0 Å². The van der Waals surface area contributed by atoms with E-state index in [1.807, 2.05) is 54.2 Å². The molecule has 0 spiro atoms. The van der Waals surface area contributed by atoms with Crippen molar-refractivity contribution in [1.82, 2.24) is 19.7 Å². The minimum absolute atomic E-state index is 0.609. The Morgan fingerprint density at radius 3 is 2.83 bits per heavy atom. The molecular formula is C23H25N5O2. The normalized spacial score (nSPS) is 11.4. The van der Waals surface area contributed by atoms with Gasteiger partial charge in [-0.2, -0.15) is 5.10 Å². The molecule has 3 heterocycles. The fraction of sp³-hybridized carbons (Fsp3) is 0.261. The van der Waals surface area contributed by atoms with Crippen molar-refractivity contribution in [2.45, 2.75) is 26.3 Å². The largest absolute Gasteiger partial charge is 0.497 e. The molecule has 4 aromatic rings. The summed E-state index contributed by atoms with van der Waals surface area (Å²) >= 11 is 0. The molecule has 0 radical (unpaired) electrons. The van der Waals surface area contributed by atoms with E-state index in [4.69, 9.17) is 19.1 Å². The number of methoxy groups -OCH3 is 1. The van der Waals surface area contributed by atoms with E-state index in [9.17, 15) is 0 Å². The molecule has 0 aliphatic rings. The number of benzene rings is 1. The summed E-state index contributed by atoms with van der Waals surface area (Å²) in [5.41, 5.74) is 3.86. The van der Waals surface area contributed by atoms with E-state index in [1.165, 1.54) is 0 Å². The second-order valence-corrected chi connectivity index (χ2v) is 7.00. The number of rotatable bonds is 8. The van der Waals surface area contributed by atoms with Gasteiger partial charge in [-0.1, -0.05) is 25.5 Å². The van der Waals surface area contributed by atoms with Gasteiger partial charge in [-0.15, -0.1) is 0 Å². The van der Waals surface area contributed by atoms with Gasteiger partial charge in [0, 0.05) is 13.6 Å². The summed E-state index contributed by atoms with van der Waals surface area (Å²) in [5.74, 6) is 2.94. The van der Waals surface area contributed by atoms with Crippen LogP contribution >= 0.6 is 0 Å². The fourth-order valence-corrected chi connectivity index (χ4v) is 3.37. The van der Waals surface area contributed by atoms with E-state index in [0.29, 0.717) is 12.4 Å². The summed E-state index contributed by atoms with van der Waals surface area (Å²) in [5, 5.41) is 8.15. The summed E-state index contributed by atoms with van der Waals surface area (Å²) in [6.45, 7) is 2.75. The van der Waals surface area contributed by atoms with Gasteiger partial charge in [-0.25, -0.2) is 9.97 Å². The molecule has 0 atom stereocenters. The maximum absolute atomic E-state index is 5.38. The van der Waals surface area contributed by atoms with E-state index in [2.05, 4.69) is 23.4 Å². The van der Waals surface area contributed by atoms with Crippen molar-refractivity contribution in [3.63, 3.8) is 0 Å². The van der Waals surface area contributed by atoms with Crippen molar-refractivity contribution >= 4 is 29.0 Å². The van der Waals surface area contributed by atoms with Crippen LogP contribution in [-0.4, -0.2) is 26.9 Å². The number of aryl methyl sites for hydroxylation is 2. The Balaban J connectivity index is 1.71. The molecule has 0 amide bonds. The van der Waals surface area contributed by atoms with E-state index >= 15 is 0 Å². The molecule has 0 saturated carbocycles. The molecule has 0 aliphatic heterocycles. The lowest BCUT2D eigenvalue weighted by atomic mass is 10.2. The van der Waals surface area contributed by atoms with Crippen LogP contribution in [0.3, 0.4) is 0 Å². The molecule has 154 valence electrons. The number of aromatic nitrogens is 4. The first kappa shape index (κ1) is 19.7. The molecule has 0 bridgehead atoms. The highest BCUT2D eigenvalue weighted by atomic mass is 16.5. The summed E-state index contributed by atoms with van der Waals surface area (Å²) in [6.07, 6.45) is 7.23. The number of furan rings is 1. The summed E-state index contributed by atoms with van der Waals surface area (Å²) in [6, 6.07) is 11.7. The Morgan fingerprint density at radius 2 is 2.07 bits per heavy atom. The molecule has 0 unspecified atom stereocenters. The maximum atomic E-state index is 5.38. The van der Waals surface area contributed by atoms with Gasteiger partial charge in [0.2, 0.25) is 0 Å². The van der Waals surface area contributed by atoms with Gasteiger partial charge in [-0.3, -0.25) is 4.68 Å². The van der Waals surface area contributed by atoms with E-state index in [1.54, 1.807) is 13.4 Å². The van der Waals surface area contributed by atoms with Crippen LogP contribution in [0.15, 0.2) is 47.1 Å². The van der Waals surface area contributed by atoms with E-state index in [-0.39, 0.29) is 0 Å². The zero-order valence-electron chi connectivity index (χ0n) is 17.4. The zero-order chi connectivity index (χ0) is 20.9. The molecule has 0 fully saturated rings. The first-order valence-electron chi connectivity index (χ1n) is 10.00. The lowest BCUT2D eigenvalue weighted by molar-refractivity contribution is 0.414. The van der Waals surface area contributed by atoms with Gasteiger partial charge in [0.1, 0.15) is 22.5 Å². The van der Waals surface area contributed by atoms with Crippen LogP contribution in [-0.2, 0) is 20.0 Å². The predicted octanol–water partition coefficient (Wildman–Crippen LogP) is 4.70. The number of hydrogen-bond acceptors (Lipinski definition) is 6. The predicted molar refractivity (Wildman–Crippen MR) is 118 cm³/mol. The second-order valence-electron chi connectivity index (χ2n) is 7.00. The second kappa shape index (κ2) is 8.82. The lowest BCUT2D eigenvalue weighted by Gasteiger charge is -2.10. The fourth-order valence-electron chi connectivity index (χ4n) is 3.37. The monoisotopic (exact) mass is 403 g/mol. The molecule has 1 aromatic carbocycles. The third-order valence-corrected chi connectivity index (χ3v) is 4.79. The van der Waals surface area contributed by atoms with Crippen LogP contribution in [0.4, 0.5) is 5.82 Å². The average Bonchev–Trinajstić information content (AvgIpc) is 3.39. The van der Waals surface area contributed by atoms with Gasteiger partial charge >= 0.3 is 0 Å². The smallest absolute Gasteiger partial charge is 0.156 e. The first-order chi connectivity index (χ1) is 14.7. The number of ether oxygens (including phenoxy) is 1. The van der Waals surface area contributed by atoms with Gasteiger partial charge < -0.3 is 14.5 Å². The van der Waals surface area contributed by atoms with Crippen LogP contribution in [0.1, 0.15) is 36.2 Å². The summed E-state index contributed by atoms with van der Waals surface area (Å²) in [4.78, 5) is 9.52. The van der Waals surface area contributed by atoms with Crippen LogP contribution < -0.4 is 10.1 Å². The molecule has 4 rings (SSSR count). The average molecular weight is 403 g/mol. The van der Waals surface area contributed by atoms with Crippen LogP contribution in [0.2, 0.25) is 0 Å². The zero-order valence-corrected chi connectivity index (χ0v) is 17.4. The van der Waals surface area contributed by atoms with Crippen molar-refractivity contribution in [2.75, 3.05) is 12.4 Å². The van der Waals surface area contributed by atoms with Crippen LogP contribution in [0.25, 0.3) is 23.2 Å². The Morgan fingerprint density at radius 1 is 1.17 bits per heavy atom. The van der Waals surface area contributed by atoms with Crippen molar-refractivity contribution in [1.29, 1.82) is 0 Å². The van der Waals surface area contributed by atoms with Crippen LogP contribution in [0, 0.1) is 0 Å². The van der Waals surface area contributed by atoms with E-state index < -0.39 is 0 Å². The Bertz CT molecular complexity index is 1160. The standard InChI is InChI=1S/C23H25N5O2/c1-4-7-19-21-22(28(2)27-19)23(24-15-16-8-5-9-18(14-16)29-3)26-20(25-21)12-11-17-10-6-13-30-17/h5-6,8-14H,4,7,15H2,1-3H3,(H,24,25,26)/b12-11+. The Hall–Kier alpha value is -3.61. The van der Waals surface area contributed by atoms with Gasteiger partial charge in [0.05, 0.1) is 19.1 Å². The molecule has 3 aromatic heterocycles. The number of fused-ring (bicyclic) bond motifs is 1. The quantitative estimate of drug-likeness (QED) is 0.459. The number of nitrogens with zero attached hydrogens (tertiary/aromatic N) is 4. The van der Waals surface area contributed by atoms with Crippen LogP contribution in [0.5, 0.6) is 5.75 Å². The lowest BCUT2D eigenvalue weighted by Crippen LogP contribution is -2.06. The van der Waals surface area contributed by atoms with Gasteiger partial charge in [-0.05, 0) is 48.4 Å². The minimum atomic E-state index is 0.609. The summed E-state index contributed by atoms with van der Waals surface area (Å²) in [7, 11) is 3.60. The Kier molecular flexibility index (Phi) is 5.79. The first-order valence-corrected chi connectivity index (χ1v) is 10.00. The molecule has 30 heavy (non-hydrogen) atoms.